The Balaban J connectivity index is 1.64. The zero-order chi connectivity index (χ0) is 22.0. The van der Waals surface area contributed by atoms with E-state index in [9.17, 15) is 4.79 Å². The first-order valence-corrected chi connectivity index (χ1v) is 12.0. The fourth-order valence-corrected chi connectivity index (χ4v) is 6.00. The number of hydrogen-bond donors (Lipinski definition) is 0. The summed E-state index contributed by atoms with van der Waals surface area (Å²) in [4.78, 5) is 17.6. The molecule has 164 valence electrons. The molecule has 1 aromatic rings. The van der Waals surface area contributed by atoms with Crippen LogP contribution in [0.1, 0.15) is 32.3 Å². The minimum Gasteiger partial charge on any atom is -0.493 e. The van der Waals surface area contributed by atoms with Gasteiger partial charge in [-0.2, -0.15) is 0 Å². The summed E-state index contributed by atoms with van der Waals surface area (Å²) < 4.78 is 10.8. The number of nitrogens with zero attached hydrogens (tertiary/aromatic N) is 2. The van der Waals surface area contributed by atoms with Crippen molar-refractivity contribution in [1.29, 1.82) is 0 Å². The maximum absolute atomic E-state index is 13.2. The molecule has 1 aromatic carbocycles. The van der Waals surface area contributed by atoms with Crippen molar-refractivity contribution in [3.05, 3.63) is 64.9 Å². The highest BCUT2D eigenvalue weighted by Crippen LogP contribution is 2.49. The zero-order valence-electron chi connectivity index (χ0n) is 18.8. The summed E-state index contributed by atoms with van der Waals surface area (Å²) in [6.45, 7) is 7.53. The van der Waals surface area contributed by atoms with E-state index in [1.807, 2.05) is 23.1 Å². The number of benzene rings is 1. The molecule has 31 heavy (non-hydrogen) atoms. The highest BCUT2D eigenvalue weighted by Gasteiger charge is 2.33. The second-order valence-electron chi connectivity index (χ2n) is 7.95. The first kappa shape index (κ1) is 21.9. The van der Waals surface area contributed by atoms with Crippen LogP contribution in [0.4, 0.5) is 0 Å². The van der Waals surface area contributed by atoms with Gasteiger partial charge in [0.1, 0.15) is 0 Å². The number of rotatable bonds is 6. The maximum Gasteiger partial charge on any atom is 0.252 e. The highest BCUT2D eigenvalue weighted by molar-refractivity contribution is 7.51. The molecule has 0 aliphatic carbocycles. The molecular formula is C25H31N2O3P. The fourth-order valence-electron chi connectivity index (χ4n) is 4.36. The second-order valence-corrected chi connectivity index (χ2v) is 9.32. The minimum atomic E-state index is 0.0525. The summed E-state index contributed by atoms with van der Waals surface area (Å²) >= 11 is 0. The van der Waals surface area contributed by atoms with Gasteiger partial charge in [-0.3, -0.25) is 9.69 Å². The molecule has 0 aromatic heterocycles. The van der Waals surface area contributed by atoms with Crippen LogP contribution in [-0.2, 0) is 4.79 Å². The Kier molecular flexibility index (Phi) is 6.64. The Hall–Kier alpha value is -2.36. The van der Waals surface area contributed by atoms with E-state index in [2.05, 4.69) is 37.1 Å². The summed E-state index contributed by atoms with van der Waals surface area (Å²) in [7, 11) is 3.76. The van der Waals surface area contributed by atoms with E-state index in [-0.39, 0.29) is 11.7 Å². The van der Waals surface area contributed by atoms with Crippen molar-refractivity contribution in [2.75, 3.05) is 33.9 Å². The fraction of sp³-hybridized carbons (Fsp3) is 0.400. The Bertz CT molecular complexity index is 992. The van der Waals surface area contributed by atoms with Gasteiger partial charge in [0.05, 0.1) is 20.0 Å². The van der Waals surface area contributed by atoms with Crippen LogP contribution < -0.4 is 9.47 Å². The first-order valence-electron chi connectivity index (χ1n) is 10.9. The van der Waals surface area contributed by atoms with Gasteiger partial charge in [0.25, 0.3) is 5.91 Å². The Morgan fingerprint density at radius 1 is 1.13 bits per heavy atom. The summed E-state index contributed by atoms with van der Waals surface area (Å²) in [5, 5.41) is 1.07. The van der Waals surface area contributed by atoms with E-state index in [0.29, 0.717) is 20.1 Å². The number of carbonyl (C=O) groups is 1. The number of allylic oxidation sites excluding steroid dienone is 2. The van der Waals surface area contributed by atoms with Crippen LogP contribution in [-0.4, -0.2) is 55.3 Å². The van der Waals surface area contributed by atoms with Gasteiger partial charge in [-0.05, 0) is 59.1 Å². The minimum absolute atomic E-state index is 0.0525. The molecule has 3 heterocycles. The third-order valence-electron chi connectivity index (χ3n) is 6.28. The average molecular weight is 439 g/mol. The van der Waals surface area contributed by atoms with Crippen molar-refractivity contribution < 1.29 is 14.3 Å². The third kappa shape index (κ3) is 4.35. The predicted octanol–water partition coefficient (Wildman–Crippen LogP) is 4.78. The second kappa shape index (κ2) is 9.42. The van der Waals surface area contributed by atoms with Gasteiger partial charge in [-0.25, -0.2) is 0 Å². The lowest BCUT2D eigenvalue weighted by molar-refractivity contribution is -0.123. The highest BCUT2D eigenvalue weighted by atomic mass is 31.1. The molecule has 6 heteroatoms. The molecule has 1 amide bonds. The van der Waals surface area contributed by atoms with Crippen molar-refractivity contribution in [1.82, 2.24) is 9.80 Å². The van der Waals surface area contributed by atoms with Crippen molar-refractivity contribution >= 4 is 19.8 Å². The van der Waals surface area contributed by atoms with E-state index < -0.39 is 0 Å². The molecule has 3 aliphatic rings. The van der Waals surface area contributed by atoms with Crippen LogP contribution in [0.15, 0.2) is 59.3 Å². The van der Waals surface area contributed by atoms with E-state index in [0.717, 1.165) is 43.4 Å². The molecule has 0 radical (unpaired) electrons. The van der Waals surface area contributed by atoms with Crippen LogP contribution >= 0.6 is 8.58 Å². The maximum atomic E-state index is 13.2. The van der Waals surface area contributed by atoms with Gasteiger partial charge in [-0.1, -0.05) is 40.6 Å². The van der Waals surface area contributed by atoms with Crippen LogP contribution in [0.25, 0.3) is 5.31 Å². The molecule has 0 N–H and O–H groups in total. The first-order chi connectivity index (χ1) is 15.1. The van der Waals surface area contributed by atoms with Crippen LogP contribution in [0.5, 0.6) is 11.5 Å². The largest absolute Gasteiger partial charge is 0.493 e. The summed E-state index contributed by atoms with van der Waals surface area (Å²) in [5.74, 6) is 1.53. The molecule has 0 fully saturated rings. The lowest BCUT2D eigenvalue weighted by Gasteiger charge is -2.38. The Labute approximate surface area is 186 Å². The number of fused-ring (bicyclic) bond motifs is 1. The number of methoxy groups -OCH3 is 2. The smallest absolute Gasteiger partial charge is 0.252 e. The molecule has 5 nitrogen and oxygen atoms in total. The summed E-state index contributed by atoms with van der Waals surface area (Å²) in [6, 6.07) is 5.88. The molecule has 2 atom stereocenters. The van der Waals surface area contributed by atoms with Crippen LogP contribution in [0, 0.1) is 0 Å². The summed E-state index contributed by atoms with van der Waals surface area (Å²) in [5.41, 5.74) is 4.91. The predicted molar refractivity (Wildman–Crippen MR) is 128 cm³/mol. The standard InChI is InChI=1S/C25H31N2O3P/c1-5-17-13-20(18-9-11-26(6-2)12-10-18)16-27-24(28)15-23(31-25(17)27)19-7-8-21(29-3)22(14-19)30-4/h7-9,13-16,25,31H,5-6,10-12H2,1-4H3. The van der Waals surface area contributed by atoms with Gasteiger partial charge in [0.15, 0.2) is 11.5 Å². The molecule has 3 aliphatic heterocycles. The lowest BCUT2D eigenvalue weighted by Crippen LogP contribution is -2.38. The number of hydrogen-bond acceptors (Lipinski definition) is 4. The van der Waals surface area contributed by atoms with Crippen LogP contribution in [0.3, 0.4) is 0 Å². The van der Waals surface area contributed by atoms with Crippen molar-refractivity contribution in [2.45, 2.75) is 32.5 Å². The van der Waals surface area contributed by atoms with Crippen molar-refractivity contribution in [3.8, 4) is 11.5 Å². The molecule has 0 saturated carbocycles. The Morgan fingerprint density at radius 3 is 2.58 bits per heavy atom. The molecule has 0 bridgehead atoms. The average Bonchev–Trinajstić information content (AvgIpc) is 2.83. The van der Waals surface area contributed by atoms with E-state index >= 15 is 0 Å². The van der Waals surface area contributed by atoms with Crippen molar-refractivity contribution in [2.24, 2.45) is 0 Å². The van der Waals surface area contributed by atoms with Crippen molar-refractivity contribution in [3.63, 3.8) is 0 Å². The Morgan fingerprint density at radius 2 is 1.94 bits per heavy atom. The van der Waals surface area contributed by atoms with Gasteiger partial charge >= 0.3 is 0 Å². The van der Waals surface area contributed by atoms with Gasteiger partial charge < -0.3 is 14.4 Å². The lowest BCUT2D eigenvalue weighted by atomic mass is 9.94. The van der Waals surface area contributed by atoms with E-state index in [4.69, 9.17) is 9.47 Å². The van der Waals surface area contributed by atoms with E-state index in [1.54, 1.807) is 20.3 Å². The zero-order valence-corrected chi connectivity index (χ0v) is 19.8. The molecule has 0 spiro atoms. The number of carbonyl (C=O) groups excluding carboxylic acids is 1. The molecule has 4 rings (SSSR count). The third-order valence-corrected chi connectivity index (χ3v) is 7.94. The molecule has 0 saturated heterocycles. The number of amides is 1. The monoisotopic (exact) mass is 438 g/mol. The van der Waals surface area contributed by atoms with Gasteiger partial charge in [0.2, 0.25) is 0 Å². The SMILES string of the molecule is CCC1=CC(C2=CCN(CC)CC2)=CN2C(=O)C=C(c3ccc(OC)c(OC)c3)PC12. The topological polar surface area (TPSA) is 42.0 Å². The molecular weight excluding hydrogens is 407 g/mol. The van der Waals surface area contributed by atoms with Gasteiger partial charge in [0, 0.05) is 25.4 Å². The van der Waals surface area contributed by atoms with E-state index in [1.165, 1.54) is 16.7 Å². The number of likely N-dealkylation sites (N-methyl/N-ethyl adjacent to an activating group) is 1. The normalized spacial score (nSPS) is 22.4. The number of ether oxygens (including phenoxy) is 2. The summed E-state index contributed by atoms with van der Waals surface area (Å²) in [6.07, 6.45) is 10.5. The quantitative estimate of drug-likeness (QED) is 0.600. The van der Waals surface area contributed by atoms with Crippen LogP contribution in [0.2, 0.25) is 0 Å². The molecule has 2 unspecified atom stereocenters. The van der Waals surface area contributed by atoms with Gasteiger partial charge in [-0.15, -0.1) is 0 Å².